The first kappa shape index (κ1) is 22.6. The lowest BCUT2D eigenvalue weighted by Crippen LogP contribution is -2.23. The van der Waals surface area contributed by atoms with E-state index < -0.39 is 0 Å². The summed E-state index contributed by atoms with van der Waals surface area (Å²) < 4.78 is 12.4. The van der Waals surface area contributed by atoms with Crippen LogP contribution < -0.4 is 15.6 Å². The van der Waals surface area contributed by atoms with E-state index in [4.69, 9.17) is 14.1 Å². The third-order valence-corrected chi connectivity index (χ3v) is 7.66. The zero-order valence-electron chi connectivity index (χ0n) is 19.0. The van der Waals surface area contributed by atoms with Crippen molar-refractivity contribution in [2.24, 2.45) is 0 Å². The van der Waals surface area contributed by atoms with Crippen LogP contribution in [0.1, 0.15) is 42.5 Å². The summed E-state index contributed by atoms with van der Waals surface area (Å²) in [5.41, 5.74) is 1.62. The van der Waals surface area contributed by atoms with Gasteiger partial charge in [0.25, 0.3) is 5.56 Å². The van der Waals surface area contributed by atoms with Gasteiger partial charge in [-0.1, -0.05) is 36.8 Å². The molecule has 1 aromatic carbocycles. The first-order chi connectivity index (χ1) is 16.4. The fourth-order valence-electron chi connectivity index (χ4n) is 3.90. The van der Waals surface area contributed by atoms with E-state index in [-0.39, 0.29) is 29.2 Å². The number of carbonyl (C=O) groups excluding carboxylic acids is 1. The molecule has 5 rings (SSSR count). The van der Waals surface area contributed by atoms with Crippen LogP contribution in [0, 0.1) is 0 Å². The quantitative estimate of drug-likeness (QED) is 0.299. The molecule has 9 nitrogen and oxygen atoms in total. The molecule has 34 heavy (non-hydrogen) atoms. The van der Waals surface area contributed by atoms with E-state index in [1.54, 1.807) is 29.1 Å². The molecule has 0 atom stereocenters. The number of ether oxygens (including phenoxy) is 1. The van der Waals surface area contributed by atoms with Crippen LogP contribution in [0.4, 0.5) is 6.01 Å². The predicted octanol–water partition coefficient (Wildman–Crippen LogP) is 4.18. The monoisotopic (exact) mass is 497 g/mol. The fourth-order valence-corrected chi connectivity index (χ4v) is 6.02. The number of fused-ring (bicyclic) bond motifs is 3. The molecule has 11 heteroatoms. The van der Waals surface area contributed by atoms with Crippen LogP contribution >= 0.6 is 23.1 Å². The Hall–Kier alpha value is -3.18. The largest absolute Gasteiger partial charge is 0.497 e. The second-order valence-electron chi connectivity index (χ2n) is 8.21. The molecule has 1 N–H and O–H groups in total. The maximum absolute atomic E-state index is 13.7. The Bertz CT molecular complexity index is 1440. The smallest absolute Gasteiger partial charge is 0.322 e. The average molecular weight is 498 g/mol. The van der Waals surface area contributed by atoms with Crippen molar-refractivity contribution < 1.29 is 13.9 Å². The molecule has 0 bridgehead atoms. The van der Waals surface area contributed by atoms with Crippen LogP contribution in [-0.4, -0.2) is 38.5 Å². The number of benzene rings is 1. The summed E-state index contributed by atoms with van der Waals surface area (Å²) in [7, 11) is 1.58. The second-order valence-corrected chi connectivity index (χ2v) is 10.2. The highest BCUT2D eigenvalue weighted by molar-refractivity contribution is 7.99. The number of methoxy groups -OCH3 is 1. The maximum atomic E-state index is 13.7. The van der Waals surface area contributed by atoms with Crippen molar-refractivity contribution in [3.8, 4) is 11.4 Å². The van der Waals surface area contributed by atoms with Crippen LogP contribution in [-0.2, 0) is 17.6 Å². The third-order valence-electron chi connectivity index (χ3n) is 5.53. The molecule has 1 aliphatic carbocycles. The summed E-state index contributed by atoms with van der Waals surface area (Å²) >= 11 is 2.75. The van der Waals surface area contributed by atoms with E-state index in [1.807, 2.05) is 32.0 Å². The fraction of sp³-hybridized carbons (Fsp3) is 0.348. The highest BCUT2D eigenvalue weighted by Crippen LogP contribution is 2.36. The van der Waals surface area contributed by atoms with Gasteiger partial charge in [-0.25, -0.2) is 4.98 Å². The van der Waals surface area contributed by atoms with Crippen molar-refractivity contribution in [1.82, 2.24) is 19.7 Å². The molecule has 3 heterocycles. The SMILES string of the molecule is COc1cccc(-n2c(SCC(=O)Nc3nnc(C(C)C)o3)nc3sc4c(c3c2=O)CCC4)c1. The number of hydrogen-bond donors (Lipinski definition) is 1. The molecule has 0 saturated carbocycles. The molecular weight excluding hydrogens is 474 g/mol. The van der Waals surface area contributed by atoms with Gasteiger partial charge >= 0.3 is 6.01 Å². The molecule has 0 aliphatic heterocycles. The van der Waals surface area contributed by atoms with Gasteiger partial charge < -0.3 is 9.15 Å². The number of thioether (sulfide) groups is 1. The van der Waals surface area contributed by atoms with Gasteiger partial charge in [0.2, 0.25) is 11.8 Å². The first-order valence-electron chi connectivity index (χ1n) is 10.9. The van der Waals surface area contributed by atoms with Crippen LogP contribution in [0.15, 0.2) is 38.6 Å². The van der Waals surface area contributed by atoms with Crippen LogP contribution in [0.25, 0.3) is 15.9 Å². The van der Waals surface area contributed by atoms with Gasteiger partial charge in [0.05, 0.1) is 23.9 Å². The summed E-state index contributed by atoms with van der Waals surface area (Å²) in [5, 5.41) is 11.5. The van der Waals surface area contributed by atoms with E-state index >= 15 is 0 Å². The molecule has 0 saturated heterocycles. The van der Waals surface area contributed by atoms with E-state index in [0.29, 0.717) is 27.9 Å². The van der Waals surface area contributed by atoms with Crippen molar-refractivity contribution in [3.05, 3.63) is 51.0 Å². The zero-order chi connectivity index (χ0) is 23.8. The van der Waals surface area contributed by atoms with Crippen molar-refractivity contribution in [2.45, 2.75) is 44.2 Å². The molecule has 0 unspecified atom stereocenters. The number of rotatable bonds is 7. The summed E-state index contributed by atoms with van der Waals surface area (Å²) in [6, 6.07) is 7.32. The number of hydrogen-bond acceptors (Lipinski definition) is 9. The Labute approximate surface area is 203 Å². The van der Waals surface area contributed by atoms with Crippen LogP contribution in [0.3, 0.4) is 0 Å². The van der Waals surface area contributed by atoms with Crippen LogP contribution in [0.5, 0.6) is 5.75 Å². The Morgan fingerprint density at radius 2 is 2.18 bits per heavy atom. The molecule has 3 aromatic heterocycles. The summed E-state index contributed by atoms with van der Waals surface area (Å²) in [4.78, 5) is 33.1. The number of thiophene rings is 1. The second kappa shape index (κ2) is 9.22. The van der Waals surface area contributed by atoms with Gasteiger partial charge in [-0.3, -0.25) is 19.5 Å². The minimum atomic E-state index is -0.329. The molecule has 176 valence electrons. The molecule has 0 spiro atoms. The lowest BCUT2D eigenvalue weighted by Gasteiger charge is -2.13. The van der Waals surface area contributed by atoms with Crippen molar-refractivity contribution in [1.29, 1.82) is 0 Å². The van der Waals surface area contributed by atoms with E-state index in [0.717, 1.165) is 29.7 Å². The van der Waals surface area contributed by atoms with E-state index in [1.165, 1.54) is 16.6 Å². The lowest BCUT2D eigenvalue weighted by atomic mass is 10.2. The summed E-state index contributed by atoms with van der Waals surface area (Å²) in [5.74, 6) is 0.836. The highest BCUT2D eigenvalue weighted by Gasteiger charge is 2.24. The predicted molar refractivity (Wildman–Crippen MR) is 132 cm³/mol. The zero-order valence-corrected chi connectivity index (χ0v) is 20.6. The Balaban J connectivity index is 1.49. The molecular formula is C23H23N5O4S2. The average Bonchev–Trinajstić information content (AvgIpc) is 3.54. The van der Waals surface area contributed by atoms with Crippen molar-refractivity contribution >= 4 is 45.2 Å². The number of carbonyl (C=O) groups is 1. The topological polar surface area (TPSA) is 112 Å². The van der Waals surface area contributed by atoms with Gasteiger partial charge in [-0.15, -0.1) is 16.4 Å². The Morgan fingerprint density at radius 3 is 2.94 bits per heavy atom. The minimum absolute atomic E-state index is 0.0202. The van der Waals surface area contributed by atoms with E-state index in [2.05, 4.69) is 15.5 Å². The lowest BCUT2D eigenvalue weighted by molar-refractivity contribution is -0.113. The number of aryl methyl sites for hydroxylation is 2. The summed E-state index contributed by atoms with van der Waals surface area (Å²) in [6.45, 7) is 3.85. The molecule has 1 amide bonds. The first-order valence-corrected chi connectivity index (χ1v) is 12.7. The number of aromatic nitrogens is 4. The summed E-state index contributed by atoms with van der Waals surface area (Å²) in [6.07, 6.45) is 2.92. The number of amides is 1. The normalized spacial score (nSPS) is 12.9. The van der Waals surface area contributed by atoms with E-state index in [9.17, 15) is 9.59 Å². The van der Waals surface area contributed by atoms with Crippen LogP contribution in [0.2, 0.25) is 0 Å². The van der Waals surface area contributed by atoms with Gasteiger partial charge in [0.15, 0.2) is 5.16 Å². The van der Waals surface area contributed by atoms with Crippen molar-refractivity contribution in [3.63, 3.8) is 0 Å². The van der Waals surface area contributed by atoms with Crippen molar-refractivity contribution in [2.75, 3.05) is 18.2 Å². The standard InChI is InChI=1S/C23H23N5O4S2/c1-12(2)19-26-27-22(32-19)24-17(29)11-33-23-25-20-18(15-8-5-9-16(15)34-20)21(30)28(23)13-6-4-7-14(10-13)31-3/h4,6-7,10,12H,5,8-9,11H2,1-3H3,(H,24,27,29). The number of anilines is 1. The third kappa shape index (κ3) is 4.21. The van der Waals surface area contributed by atoms with Gasteiger partial charge in [0, 0.05) is 16.9 Å². The maximum Gasteiger partial charge on any atom is 0.322 e. The molecule has 0 fully saturated rings. The molecule has 1 aliphatic rings. The van der Waals surface area contributed by atoms with Gasteiger partial charge in [-0.2, -0.15) is 0 Å². The molecule has 0 radical (unpaired) electrons. The Morgan fingerprint density at radius 1 is 1.32 bits per heavy atom. The minimum Gasteiger partial charge on any atom is -0.497 e. The number of nitrogens with zero attached hydrogens (tertiary/aromatic N) is 4. The highest BCUT2D eigenvalue weighted by atomic mass is 32.2. The Kier molecular flexibility index (Phi) is 6.13. The molecule has 4 aromatic rings. The van der Waals surface area contributed by atoms with Gasteiger partial charge in [0.1, 0.15) is 10.6 Å². The number of nitrogens with one attached hydrogen (secondary N) is 1. The van der Waals surface area contributed by atoms with Gasteiger partial charge in [-0.05, 0) is 37.0 Å².